The molecule has 0 amide bonds. The molecule has 0 N–H and O–H groups in total. The molecule has 0 heterocycles. The van der Waals surface area contributed by atoms with Crippen molar-refractivity contribution in [2.24, 2.45) is 0 Å². The first-order valence-electron chi connectivity index (χ1n) is 3.97. The van der Waals surface area contributed by atoms with Gasteiger partial charge in [-0.25, -0.2) is 5.11 Å². The van der Waals surface area contributed by atoms with Gasteiger partial charge in [0.15, 0.2) is 0 Å². The van der Waals surface area contributed by atoms with Crippen molar-refractivity contribution in [3.63, 3.8) is 0 Å². The van der Waals surface area contributed by atoms with Gasteiger partial charge >= 0.3 is 18.0 Å². The van der Waals surface area contributed by atoms with Gasteiger partial charge in [0, 0.05) is 6.42 Å². The first-order valence-corrected chi connectivity index (χ1v) is 3.97. The number of rotatable bonds is 5. The van der Waals surface area contributed by atoms with Gasteiger partial charge in [0.1, 0.15) is 0 Å². The van der Waals surface area contributed by atoms with Crippen molar-refractivity contribution in [1.29, 1.82) is 0 Å². The first kappa shape index (κ1) is 14.5. The molecule has 0 unspecified atom stereocenters. The molecule has 0 spiro atoms. The van der Waals surface area contributed by atoms with Gasteiger partial charge in [-0.2, -0.15) is 30.7 Å². The molecule has 15 heavy (non-hydrogen) atoms. The van der Waals surface area contributed by atoms with E-state index in [1.165, 1.54) is 0 Å². The second-order valence-corrected chi connectivity index (χ2v) is 2.94. The van der Waals surface area contributed by atoms with Crippen molar-refractivity contribution < 1.29 is 35.8 Å². The molecule has 1 radical (unpaired) electrons. The molecular formula is C7H8F7O. The third-order valence-electron chi connectivity index (χ3n) is 1.70. The maximum Gasteiger partial charge on any atom is 0.459 e. The van der Waals surface area contributed by atoms with Gasteiger partial charge in [-0.05, 0) is 12.8 Å². The Kier molecular flexibility index (Phi) is 4.38. The number of unbranched alkanes of at least 4 members (excludes halogenated alkanes) is 1. The molecule has 0 atom stereocenters. The van der Waals surface area contributed by atoms with E-state index in [9.17, 15) is 35.8 Å². The second-order valence-electron chi connectivity index (χ2n) is 2.94. The molecule has 0 aliphatic carbocycles. The third kappa shape index (κ3) is 3.22. The summed E-state index contributed by atoms with van der Waals surface area (Å²) in [5.74, 6) is -11.2. The van der Waals surface area contributed by atoms with Crippen molar-refractivity contribution in [3.05, 3.63) is 0 Å². The van der Waals surface area contributed by atoms with E-state index in [-0.39, 0.29) is 6.42 Å². The van der Waals surface area contributed by atoms with Crippen LogP contribution in [0, 0.1) is 0 Å². The van der Waals surface area contributed by atoms with Crippen molar-refractivity contribution in [2.75, 3.05) is 6.61 Å². The molecule has 0 bridgehead atoms. The molecule has 0 aromatic heterocycles. The van der Waals surface area contributed by atoms with Gasteiger partial charge in [0.2, 0.25) is 0 Å². The summed E-state index contributed by atoms with van der Waals surface area (Å²) in [6.45, 7) is -0.784. The topological polar surface area (TPSA) is 19.9 Å². The predicted octanol–water partition coefficient (Wildman–Crippen LogP) is 3.42. The summed E-state index contributed by atoms with van der Waals surface area (Å²) in [6, 6.07) is 0. The Balaban J connectivity index is 4.56. The van der Waals surface area contributed by atoms with Crippen molar-refractivity contribution in [2.45, 2.75) is 37.3 Å². The summed E-state index contributed by atoms with van der Waals surface area (Å²) in [7, 11) is 0. The molecule has 0 fully saturated rings. The molecule has 0 saturated heterocycles. The molecule has 0 aliphatic rings. The molecule has 0 rings (SSSR count). The van der Waals surface area contributed by atoms with Gasteiger partial charge < -0.3 is 0 Å². The summed E-state index contributed by atoms with van der Waals surface area (Å²) in [5.41, 5.74) is 0. The Bertz CT molecular complexity index is 198. The summed E-state index contributed by atoms with van der Waals surface area (Å²) >= 11 is 0. The predicted molar refractivity (Wildman–Crippen MR) is 35.4 cm³/mol. The van der Waals surface area contributed by atoms with Crippen LogP contribution in [-0.4, -0.2) is 24.6 Å². The number of alkyl halides is 7. The van der Waals surface area contributed by atoms with Crippen LogP contribution < -0.4 is 0 Å². The van der Waals surface area contributed by atoms with E-state index < -0.39 is 37.5 Å². The van der Waals surface area contributed by atoms with Crippen molar-refractivity contribution in [1.82, 2.24) is 0 Å². The first-order chi connectivity index (χ1) is 6.56. The van der Waals surface area contributed by atoms with Crippen LogP contribution in [0.25, 0.3) is 0 Å². The lowest BCUT2D eigenvalue weighted by molar-refractivity contribution is -0.355. The monoisotopic (exact) mass is 241 g/mol. The number of hydrogen-bond acceptors (Lipinski definition) is 0. The van der Waals surface area contributed by atoms with Gasteiger partial charge in [-0.3, -0.25) is 0 Å². The molecule has 0 aliphatic heterocycles. The molecule has 1 nitrogen and oxygen atoms in total. The quantitative estimate of drug-likeness (QED) is 0.519. The Morgan fingerprint density at radius 2 is 1.27 bits per heavy atom. The zero-order valence-corrected chi connectivity index (χ0v) is 7.38. The molecule has 0 aromatic carbocycles. The fourth-order valence-electron chi connectivity index (χ4n) is 0.813. The van der Waals surface area contributed by atoms with E-state index in [2.05, 4.69) is 0 Å². The molecular weight excluding hydrogens is 233 g/mol. The largest absolute Gasteiger partial charge is 0.459 e. The lowest BCUT2D eigenvalue weighted by Crippen LogP contribution is -2.51. The van der Waals surface area contributed by atoms with Crippen LogP contribution >= 0.6 is 0 Å². The van der Waals surface area contributed by atoms with Crippen LogP contribution in [0.1, 0.15) is 19.3 Å². The minimum atomic E-state index is -6.28. The smallest absolute Gasteiger partial charge is 0.237 e. The normalized spacial score (nSPS) is 14.4. The minimum absolute atomic E-state index is 0.358. The fraction of sp³-hybridized carbons (Fsp3) is 1.00. The molecule has 8 heteroatoms. The van der Waals surface area contributed by atoms with Crippen LogP contribution in [0.4, 0.5) is 30.7 Å². The average Bonchev–Trinajstić information content (AvgIpc) is 2.02. The van der Waals surface area contributed by atoms with Crippen molar-refractivity contribution >= 4 is 0 Å². The zero-order valence-electron chi connectivity index (χ0n) is 7.38. The van der Waals surface area contributed by atoms with Crippen LogP contribution in [0.15, 0.2) is 0 Å². The molecule has 0 saturated carbocycles. The molecule has 0 aromatic rings. The van der Waals surface area contributed by atoms with E-state index in [0.29, 0.717) is 0 Å². The second kappa shape index (κ2) is 4.54. The van der Waals surface area contributed by atoms with E-state index in [1.54, 1.807) is 0 Å². The lowest BCUT2D eigenvalue weighted by atomic mass is 10.0. The SMILES string of the molecule is [O]CCCCC(F)(F)C(F)(F)C(F)(F)F. The van der Waals surface area contributed by atoms with Gasteiger partial charge in [0.25, 0.3) is 0 Å². The standard InChI is InChI=1S/C7H8F7O/c8-5(9,3-1-2-4-15)6(10,11)7(12,13)14/h1-4H2. The van der Waals surface area contributed by atoms with Crippen LogP contribution in [0.5, 0.6) is 0 Å². The van der Waals surface area contributed by atoms with Crippen LogP contribution in [0.2, 0.25) is 0 Å². The number of halogens is 7. The summed E-state index contributed by atoms with van der Waals surface area (Å²) in [6.07, 6.45) is -8.96. The minimum Gasteiger partial charge on any atom is -0.237 e. The van der Waals surface area contributed by atoms with E-state index in [1.807, 2.05) is 0 Å². The average molecular weight is 241 g/mol. The highest BCUT2D eigenvalue weighted by molar-refractivity contribution is 4.90. The van der Waals surface area contributed by atoms with Crippen LogP contribution in [-0.2, 0) is 5.11 Å². The zero-order chi connectivity index (χ0) is 12.3. The van der Waals surface area contributed by atoms with Gasteiger partial charge in [-0.1, -0.05) is 0 Å². The Hall–Kier alpha value is -0.530. The summed E-state index contributed by atoms with van der Waals surface area (Å²) in [4.78, 5) is 0. The lowest BCUT2D eigenvalue weighted by Gasteiger charge is -2.28. The van der Waals surface area contributed by atoms with E-state index in [0.717, 1.165) is 0 Å². The maximum atomic E-state index is 12.4. The third-order valence-corrected chi connectivity index (χ3v) is 1.70. The fourth-order valence-corrected chi connectivity index (χ4v) is 0.813. The van der Waals surface area contributed by atoms with E-state index in [4.69, 9.17) is 0 Å². The number of hydrogen-bond donors (Lipinski definition) is 0. The Labute approximate surface area is 80.9 Å². The highest BCUT2D eigenvalue weighted by Gasteiger charge is 2.72. The maximum absolute atomic E-state index is 12.4. The van der Waals surface area contributed by atoms with Crippen molar-refractivity contribution in [3.8, 4) is 0 Å². The highest BCUT2D eigenvalue weighted by atomic mass is 19.4. The summed E-state index contributed by atoms with van der Waals surface area (Å²) < 4.78 is 83.9. The molecule has 91 valence electrons. The Morgan fingerprint density at radius 1 is 0.800 bits per heavy atom. The van der Waals surface area contributed by atoms with Crippen LogP contribution in [0.3, 0.4) is 0 Å². The van der Waals surface area contributed by atoms with Gasteiger partial charge in [0.05, 0.1) is 6.61 Å². The van der Waals surface area contributed by atoms with Gasteiger partial charge in [-0.15, -0.1) is 0 Å². The van der Waals surface area contributed by atoms with E-state index >= 15 is 0 Å². The Morgan fingerprint density at radius 3 is 1.60 bits per heavy atom. The summed E-state index contributed by atoms with van der Waals surface area (Å²) in [5, 5.41) is 9.81. The highest BCUT2D eigenvalue weighted by Crippen LogP contribution is 2.48.